The third-order valence-electron chi connectivity index (χ3n) is 15.4. The molecule has 6 heteroatoms. The van der Waals surface area contributed by atoms with E-state index in [-0.39, 0.29) is 53.7 Å². The van der Waals surface area contributed by atoms with Gasteiger partial charge in [-0.15, -0.1) is 0 Å². The molecule has 4 fully saturated rings. The Morgan fingerprint density at radius 2 is 1.67 bits per heavy atom. The molecule has 8 atom stereocenters. The van der Waals surface area contributed by atoms with E-state index in [1.54, 1.807) is 12.3 Å². The number of ketones is 2. The molecule has 0 spiro atoms. The van der Waals surface area contributed by atoms with Crippen molar-refractivity contribution >= 4 is 17.7 Å². The van der Waals surface area contributed by atoms with Crippen molar-refractivity contribution in [2.75, 3.05) is 6.54 Å². The third-order valence-corrected chi connectivity index (χ3v) is 15.4. The minimum Gasteiger partial charge on any atom is -0.467 e. The van der Waals surface area contributed by atoms with E-state index < -0.39 is 17.1 Å². The van der Waals surface area contributed by atoms with E-state index in [4.69, 9.17) is 9.15 Å². The zero-order chi connectivity index (χ0) is 35.2. The molecule has 5 aliphatic rings. The molecule has 0 unspecified atom stereocenters. The molecule has 4 saturated carbocycles. The van der Waals surface area contributed by atoms with Gasteiger partial charge in [-0.05, 0) is 147 Å². The maximum Gasteiger partial charge on any atom is 0.411 e. The van der Waals surface area contributed by atoms with Crippen molar-refractivity contribution < 1.29 is 23.5 Å². The number of nitrogens with zero attached hydrogens (tertiary/aromatic N) is 1. The number of furan rings is 1. The summed E-state index contributed by atoms with van der Waals surface area (Å²) in [6.07, 6.45) is 10.2. The molecule has 0 radical (unpaired) electrons. The number of Topliss-reactive ketones (excluding diaryl/α,β-unsaturated/α-hetero) is 2. The molecule has 0 aliphatic heterocycles. The number of fused-ring (bicyclic) bond motifs is 7. The van der Waals surface area contributed by atoms with E-state index in [0.717, 1.165) is 42.2 Å². The molecule has 0 N–H and O–H groups in total. The summed E-state index contributed by atoms with van der Waals surface area (Å²) in [5.74, 6) is 3.05. The fraction of sp³-hybridized carbons (Fsp3) is 0.786. The lowest BCUT2D eigenvalue weighted by Crippen LogP contribution is -2.65. The van der Waals surface area contributed by atoms with Crippen LogP contribution in [0.4, 0.5) is 4.79 Å². The Balaban J connectivity index is 1.37. The van der Waals surface area contributed by atoms with Crippen molar-refractivity contribution in [2.24, 2.45) is 56.7 Å². The zero-order valence-corrected chi connectivity index (χ0v) is 31.9. The standard InChI is InChI=1S/C42H63NO5/c1-26(2)34-30(44)23-42(33(45)25-43(24-28-13-12-22-47-28)36(46)48-37(4,5)6)21-20-40(10)29(35(34)42)14-15-32-39(9)18-16-27(3)38(7,8)31(39)17-19-41(32,40)11/h12-13,22,26-27,29,31-32H,14-21,23-25H2,1-11H3/t27-,29+,31-,32+,39-,40+,41+,42-/m0/s1. The highest BCUT2D eigenvalue weighted by atomic mass is 16.6. The largest absolute Gasteiger partial charge is 0.467 e. The highest BCUT2D eigenvalue weighted by Gasteiger charge is 2.70. The number of hydrogen-bond acceptors (Lipinski definition) is 5. The van der Waals surface area contributed by atoms with Crippen LogP contribution in [0.1, 0.15) is 140 Å². The van der Waals surface area contributed by atoms with Gasteiger partial charge >= 0.3 is 6.09 Å². The van der Waals surface area contributed by atoms with Crippen molar-refractivity contribution in [3.8, 4) is 0 Å². The summed E-state index contributed by atoms with van der Waals surface area (Å²) in [4.78, 5) is 44.1. The van der Waals surface area contributed by atoms with Crippen LogP contribution >= 0.6 is 0 Å². The van der Waals surface area contributed by atoms with Crippen molar-refractivity contribution in [3.63, 3.8) is 0 Å². The van der Waals surface area contributed by atoms with Gasteiger partial charge < -0.3 is 9.15 Å². The predicted octanol–water partition coefficient (Wildman–Crippen LogP) is 10.2. The van der Waals surface area contributed by atoms with Gasteiger partial charge in [0.15, 0.2) is 11.6 Å². The van der Waals surface area contributed by atoms with Crippen LogP contribution in [0, 0.1) is 56.7 Å². The molecule has 1 heterocycles. The molecule has 0 saturated heterocycles. The molecular weight excluding hydrogens is 598 g/mol. The number of hydrogen-bond donors (Lipinski definition) is 0. The summed E-state index contributed by atoms with van der Waals surface area (Å²) < 4.78 is 11.4. The highest BCUT2D eigenvalue weighted by molar-refractivity contribution is 6.08. The quantitative estimate of drug-likeness (QED) is 0.303. The van der Waals surface area contributed by atoms with Gasteiger partial charge in [0, 0.05) is 6.42 Å². The average molecular weight is 662 g/mol. The maximum absolute atomic E-state index is 14.9. The lowest BCUT2D eigenvalue weighted by Gasteiger charge is -2.72. The van der Waals surface area contributed by atoms with Crippen LogP contribution in [0.15, 0.2) is 34.0 Å². The van der Waals surface area contributed by atoms with Crippen molar-refractivity contribution in [1.82, 2.24) is 4.90 Å². The van der Waals surface area contributed by atoms with Gasteiger partial charge in [0.2, 0.25) is 0 Å². The first-order chi connectivity index (χ1) is 22.2. The van der Waals surface area contributed by atoms with Crippen LogP contribution in [0.2, 0.25) is 0 Å². The van der Waals surface area contributed by atoms with E-state index >= 15 is 0 Å². The fourth-order valence-corrected chi connectivity index (χ4v) is 12.6. The lowest BCUT2D eigenvalue weighted by atomic mass is 9.32. The highest BCUT2D eigenvalue weighted by Crippen LogP contribution is 2.77. The number of rotatable bonds is 6. The van der Waals surface area contributed by atoms with E-state index in [0.29, 0.717) is 28.9 Å². The summed E-state index contributed by atoms with van der Waals surface area (Å²) in [5.41, 5.74) is 1.26. The van der Waals surface area contributed by atoms with Crippen LogP contribution in [0.5, 0.6) is 0 Å². The van der Waals surface area contributed by atoms with E-state index in [2.05, 4.69) is 55.4 Å². The molecule has 266 valence electrons. The minimum absolute atomic E-state index is 0.00000289. The first-order valence-corrected chi connectivity index (χ1v) is 19.0. The number of amides is 1. The van der Waals surface area contributed by atoms with Gasteiger partial charge in [0.25, 0.3) is 0 Å². The second-order valence-electron chi connectivity index (χ2n) is 19.4. The van der Waals surface area contributed by atoms with Gasteiger partial charge in [0.05, 0.1) is 24.8 Å². The second kappa shape index (κ2) is 11.6. The summed E-state index contributed by atoms with van der Waals surface area (Å²) in [6.45, 7) is 25.1. The molecule has 0 bridgehead atoms. The van der Waals surface area contributed by atoms with Gasteiger partial charge in [-0.1, -0.05) is 55.4 Å². The van der Waals surface area contributed by atoms with E-state index in [1.165, 1.54) is 30.6 Å². The minimum atomic E-state index is -0.864. The first-order valence-electron chi connectivity index (χ1n) is 19.0. The molecule has 48 heavy (non-hydrogen) atoms. The van der Waals surface area contributed by atoms with Crippen LogP contribution in [-0.4, -0.2) is 34.7 Å². The predicted molar refractivity (Wildman–Crippen MR) is 189 cm³/mol. The Morgan fingerprint density at radius 1 is 0.958 bits per heavy atom. The van der Waals surface area contributed by atoms with Crippen molar-refractivity contribution in [3.05, 3.63) is 35.3 Å². The van der Waals surface area contributed by atoms with E-state index in [1.807, 2.05) is 26.8 Å². The van der Waals surface area contributed by atoms with Gasteiger partial charge in [0.1, 0.15) is 11.4 Å². The molecule has 5 aliphatic carbocycles. The van der Waals surface area contributed by atoms with E-state index in [9.17, 15) is 14.4 Å². The SMILES string of the molecule is CC(C)C1=C2[C@H]3CC[C@@H]4[C@@]5(C)CC[C@H](C)C(C)(C)[C@@H]5CC[C@@]4(C)[C@]3(C)CC[C@@]2(C(=O)CN(Cc2ccco2)C(=O)OC(C)(C)C)CC1=O. The van der Waals surface area contributed by atoms with Crippen LogP contribution in [0.3, 0.4) is 0 Å². The zero-order valence-electron chi connectivity index (χ0n) is 31.9. The summed E-state index contributed by atoms with van der Waals surface area (Å²) in [5, 5.41) is 0. The molecule has 1 aromatic heterocycles. The van der Waals surface area contributed by atoms with Gasteiger partial charge in [-0.25, -0.2) is 4.79 Å². The van der Waals surface area contributed by atoms with Crippen molar-refractivity contribution in [1.29, 1.82) is 0 Å². The average Bonchev–Trinajstić information content (AvgIpc) is 3.60. The molecule has 6 rings (SSSR count). The number of allylic oxidation sites excluding steroid dienone is 2. The normalized spacial score (nSPS) is 39.0. The Bertz CT molecular complexity index is 1480. The summed E-state index contributed by atoms with van der Waals surface area (Å²) in [7, 11) is 0. The maximum atomic E-state index is 14.9. The summed E-state index contributed by atoms with van der Waals surface area (Å²) in [6, 6.07) is 3.60. The fourth-order valence-electron chi connectivity index (χ4n) is 12.6. The molecule has 6 nitrogen and oxygen atoms in total. The number of carbonyl (C=O) groups excluding carboxylic acids is 3. The van der Waals surface area contributed by atoms with Crippen LogP contribution in [-0.2, 0) is 20.9 Å². The number of carbonyl (C=O) groups is 3. The van der Waals surface area contributed by atoms with Gasteiger partial charge in [-0.3, -0.25) is 14.5 Å². The molecular formula is C42H63NO5. The smallest absolute Gasteiger partial charge is 0.411 e. The molecule has 0 aromatic carbocycles. The Hall–Kier alpha value is -2.37. The topological polar surface area (TPSA) is 76.8 Å². The Labute approximate surface area is 290 Å². The monoisotopic (exact) mass is 661 g/mol. The van der Waals surface area contributed by atoms with Crippen molar-refractivity contribution in [2.45, 2.75) is 146 Å². The lowest BCUT2D eigenvalue weighted by molar-refractivity contribution is -0.219. The first kappa shape index (κ1) is 35.5. The molecule has 1 amide bonds. The second-order valence-corrected chi connectivity index (χ2v) is 19.4. The number of ether oxygens (including phenoxy) is 1. The van der Waals surface area contributed by atoms with Gasteiger partial charge in [-0.2, -0.15) is 0 Å². The van der Waals surface area contributed by atoms with Crippen LogP contribution < -0.4 is 0 Å². The third kappa shape index (κ3) is 5.19. The Morgan fingerprint density at radius 3 is 2.29 bits per heavy atom. The Kier molecular flexibility index (Phi) is 8.56. The molecule has 1 aromatic rings. The van der Waals surface area contributed by atoms with Crippen LogP contribution in [0.25, 0.3) is 0 Å². The summed E-state index contributed by atoms with van der Waals surface area (Å²) >= 11 is 0.